The van der Waals surface area contributed by atoms with E-state index >= 15 is 0 Å². The highest BCUT2D eigenvalue weighted by molar-refractivity contribution is 7.98. The van der Waals surface area contributed by atoms with Gasteiger partial charge in [0.2, 0.25) is 0 Å². The second-order valence-electron chi connectivity index (χ2n) is 4.08. The maximum Gasteiger partial charge on any atom is 0.433 e. The summed E-state index contributed by atoms with van der Waals surface area (Å²) in [5.74, 6) is -1.44. The van der Waals surface area contributed by atoms with Gasteiger partial charge < -0.3 is 10.4 Å². The molecule has 21 heavy (non-hydrogen) atoms. The zero-order valence-electron chi connectivity index (χ0n) is 11.0. The third-order valence-electron chi connectivity index (χ3n) is 2.53. The molecule has 0 aromatic carbocycles. The average Bonchev–Trinajstić information content (AvgIpc) is 2.42. The van der Waals surface area contributed by atoms with Gasteiger partial charge in [0.25, 0.3) is 5.91 Å². The van der Waals surface area contributed by atoms with E-state index in [1.54, 1.807) is 6.26 Å². The molecule has 0 bridgehead atoms. The van der Waals surface area contributed by atoms with Crippen LogP contribution in [0.2, 0.25) is 0 Å². The molecule has 0 saturated carbocycles. The van der Waals surface area contributed by atoms with E-state index in [9.17, 15) is 22.8 Å². The van der Waals surface area contributed by atoms with Crippen LogP contribution in [-0.4, -0.2) is 40.0 Å². The lowest BCUT2D eigenvalue weighted by Gasteiger charge is -2.14. The molecule has 0 saturated heterocycles. The van der Waals surface area contributed by atoms with Crippen LogP contribution in [0.4, 0.5) is 13.2 Å². The van der Waals surface area contributed by atoms with Gasteiger partial charge in [-0.1, -0.05) is 0 Å². The zero-order chi connectivity index (χ0) is 16.0. The van der Waals surface area contributed by atoms with Crippen molar-refractivity contribution in [3.63, 3.8) is 0 Å². The normalized spacial score (nSPS) is 12.8. The molecule has 1 aromatic heterocycles. The largest absolute Gasteiger partial charge is 0.480 e. The van der Waals surface area contributed by atoms with Crippen molar-refractivity contribution in [2.24, 2.45) is 0 Å². The van der Waals surface area contributed by atoms with Crippen LogP contribution in [0.15, 0.2) is 18.3 Å². The Labute approximate surface area is 122 Å². The van der Waals surface area contributed by atoms with Gasteiger partial charge in [0, 0.05) is 6.20 Å². The molecule has 0 unspecified atom stereocenters. The minimum atomic E-state index is -4.59. The topological polar surface area (TPSA) is 79.3 Å². The Morgan fingerprint density at radius 3 is 2.52 bits per heavy atom. The summed E-state index contributed by atoms with van der Waals surface area (Å²) in [7, 11) is 0. The van der Waals surface area contributed by atoms with E-state index in [0.717, 1.165) is 12.3 Å². The average molecular weight is 322 g/mol. The summed E-state index contributed by atoms with van der Waals surface area (Å²) in [6, 6.07) is 0.540. The Kier molecular flexibility index (Phi) is 6.01. The van der Waals surface area contributed by atoms with Gasteiger partial charge in [0.1, 0.15) is 11.7 Å². The van der Waals surface area contributed by atoms with Crippen LogP contribution < -0.4 is 5.32 Å². The molecule has 0 spiro atoms. The number of hydrogen-bond acceptors (Lipinski definition) is 4. The molecule has 0 fully saturated rings. The van der Waals surface area contributed by atoms with Gasteiger partial charge in [-0.25, -0.2) is 4.79 Å². The van der Waals surface area contributed by atoms with E-state index in [1.807, 2.05) is 0 Å². The summed E-state index contributed by atoms with van der Waals surface area (Å²) >= 11 is 1.42. The number of thioether (sulfide) groups is 1. The smallest absolute Gasteiger partial charge is 0.433 e. The van der Waals surface area contributed by atoms with Crippen molar-refractivity contribution in [3.05, 3.63) is 29.6 Å². The molecule has 1 heterocycles. The van der Waals surface area contributed by atoms with Crippen molar-refractivity contribution in [2.75, 3.05) is 12.0 Å². The molecule has 5 nitrogen and oxygen atoms in total. The molecule has 0 aliphatic rings. The predicted octanol–water partition coefficient (Wildman–Crippen LogP) is 2.04. The maximum absolute atomic E-state index is 12.3. The van der Waals surface area contributed by atoms with Gasteiger partial charge in [-0.15, -0.1) is 0 Å². The third kappa shape index (κ3) is 5.25. The highest BCUT2D eigenvalue weighted by Gasteiger charge is 2.32. The summed E-state index contributed by atoms with van der Waals surface area (Å²) in [6.07, 6.45) is -1.81. The van der Waals surface area contributed by atoms with E-state index in [4.69, 9.17) is 5.11 Å². The second-order valence-corrected chi connectivity index (χ2v) is 5.06. The lowest BCUT2D eigenvalue weighted by molar-refractivity contribution is -0.141. The first-order chi connectivity index (χ1) is 9.75. The molecule has 1 amide bonds. The first kappa shape index (κ1) is 17.3. The molecule has 0 aliphatic carbocycles. The number of halogens is 3. The van der Waals surface area contributed by atoms with E-state index in [2.05, 4.69) is 10.3 Å². The van der Waals surface area contributed by atoms with Gasteiger partial charge in [-0.3, -0.25) is 9.78 Å². The molecule has 0 aliphatic heterocycles. The van der Waals surface area contributed by atoms with Gasteiger partial charge in [0.15, 0.2) is 0 Å². The molecular formula is C12H13F3N2O3S. The van der Waals surface area contributed by atoms with E-state index in [0.29, 0.717) is 11.8 Å². The molecule has 116 valence electrons. The van der Waals surface area contributed by atoms with Crippen molar-refractivity contribution < 1.29 is 27.9 Å². The summed E-state index contributed by atoms with van der Waals surface area (Å²) in [4.78, 5) is 25.9. The van der Waals surface area contributed by atoms with Crippen LogP contribution in [-0.2, 0) is 11.0 Å². The number of aliphatic carboxylic acids is 1. The van der Waals surface area contributed by atoms with E-state index in [1.165, 1.54) is 11.8 Å². The number of amides is 1. The monoisotopic (exact) mass is 322 g/mol. The van der Waals surface area contributed by atoms with Crippen LogP contribution in [0.1, 0.15) is 22.5 Å². The molecule has 1 rings (SSSR count). The minimum absolute atomic E-state index is 0.126. The number of carbonyl (C=O) groups is 2. The van der Waals surface area contributed by atoms with Crippen LogP contribution in [0.3, 0.4) is 0 Å². The van der Waals surface area contributed by atoms with Crippen molar-refractivity contribution in [3.8, 4) is 0 Å². The first-order valence-electron chi connectivity index (χ1n) is 5.81. The van der Waals surface area contributed by atoms with Crippen LogP contribution in [0.25, 0.3) is 0 Å². The van der Waals surface area contributed by atoms with Gasteiger partial charge in [-0.05, 0) is 30.6 Å². The van der Waals surface area contributed by atoms with Crippen LogP contribution in [0, 0.1) is 0 Å². The summed E-state index contributed by atoms with van der Waals surface area (Å²) in [5.41, 5.74) is -1.24. The van der Waals surface area contributed by atoms with Gasteiger partial charge >= 0.3 is 12.1 Å². The van der Waals surface area contributed by atoms with Crippen molar-refractivity contribution >= 4 is 23.6 Å². The molecule has 9 heteroatoms. The molecule has 1 atom stereocenters. The zero-order valence-corrected chi connectivity index (χ0v) is 11.8. The number of rotatable bonds is 6. The van der Waals surface area contributed by atoms with Gasteiger partial charge in [0.05, 0.1) is 5.56 Å². The number of pyridine rings is 1. The number of carbonyl (C=O) groups excluding carboxylic acids is 1. The number of nitrogens with one attached hydrogen (secondary N) is 1. The second kappa shape index (κ2) is 7.30. The number of aromatic nitrogens is 1. The highest BCUT2D eigenvalue weighted by atomic mass is 32.2. The molecular weight excluding hydrogens is 309 g/mol. The molecule has 0 radical (unpaired) electrons. The highest BCUT2D eigenvalue weighted by Crippen LogP contribution is 2.27. The fourth-order valence-corrected chi connectivity index (χ4v) is 1.90. The summed E-state index contributed by atoms with van der Waals surface area (Å²) in [6.45, 7) is 0. The van der Waals surface area contributed by atoms with Crippen LogP contribution >= 0.6 is 11.8 Å². The SMILES string of the molecule is CSCC[C@H](NC(=O)c1ccc(C(F)(F)F)nc1)C(=O)O. The lowest BCUT2D eigenvalue weighted by atomic mass is 10.2. The Balaban J connectivity index is 2.76. The fourth-order valence-electron chi connectivity index (χ4n) is 1.43. The number of carboxylic acid groups (broad SMARTS) is 1. The Bertz CT molecular complexity index is 505. The number of carboxylic acids is 1. The standard InChI is InChI=1S/C12H13F3N2O3S/c1-21-5-4-8(11(19)20)17-10(18)7-2-3-9(16-6-7)12(13,14)15/h2-3,6,8H,4-5H2,1H3,(H,17,18)(H,19,20)/t8-/m0/s1. The Morgan fingerprint density at radius 1 is 1.43 bits per heavy atom. The number of alkyl halides is 3. The minimum Gasteiger partial charge on any atom is -0.480 e. The molecule has 1 aromatic rings. The Hall–Kier alpha value is -1.77. The summed E-state index contributed by atoms with van der Waals surface area (Å²) < 4.78 is 37.0. The van der Waals surface area contributed by atoms with Crippen LogP contribution in [0.5, 0.6) is 0 Å². The lowest BCUT2D eigenvalue weighted by Crippen LogP contribution is -2.41. The first-order valence-corrected chi connectivity index (χ1v) is 7.21. The summed E-state index contributed by atoms with van der Waals surface area (Å²) in [5, 5.41) is 11.2. The van der Waals surface area contributed by atoms with Crippen molar-refractivity contribution in [1.82, 2.24) is 10.3 Å². The molecule has 2 N–H and O–H groups in total. The number of nitrogens with zero attached hydrogens (tertiary/aromatic N) is 1. The third-order valence-corrected chi connectivity index (χ3v) is 3.17. The predicted molar refractivity (Wildman–Crippen MR) is 71.1 cm³/mol. The fraction of sp³-hybridized carbons (Fsp3) is 0.417. The number of hydrogen-bond donors (Lipinski definition) is 2. The van der Waals surface area contributed by atoms with Crippen molar-refractivity contribution in [1.29, 1.82) is 0 Å². The van der Waals surface area contributed by atoms with E-state index in [-0.39, 0.29) is 12.0 Å². The van der Waals surface area contributed by atoms with E-state index < -0.39 is 29.8 Å². The van der Waals surface area contributed by atoms with Crippen molar-refractivity contribution in [2.45, 2.75) is 18.6 Å². The Morgan fingerprint density at radius 2 is 2.10 bits per heavy atom. The maximum atomic E-state index is 12.3. The van der Waals surface area contributed by atoms with Gasteiger partial charge in [-0.2, -0.15) is 24.9 Å². The quantitative estimate of drug-likeness (QED) is 0.838.